The van der Waals surface area contributed by atoms with Gasteiger partial charge in [0.25, 0.3) is 0 Å². The molecule has 0 bridgehead atoms. The maximum absolute atomic E-state index is 12.4. The predicted octanol–water partition coefficient (Wildman–Crippen LogP) is 11.0. The third-order valence-corrected chi connectivity index (χ3v) is 8.55. The monoisotopic (exact) mass is 809 g/mol. The van der Waals surface area contributed by atoms with Gasteiger partial charge in [-0.25, -0.2) is 0 Å². The predicted molar refractivity (Wildman–Crippen MR) is 204 cm³/mol. The van der Waals surface area contributed by atoms with Gasteiger partial charge in [-0.1, -0.05) is 178 Å². The SMILES string of the molecule is Cc1cc(C(C)(C)C)c([O-])c(C(C)(C)C)c1.Cc1cc(C(C)(C)C)c([O-])c(C(C)(C)C)c1.Cc1cc(C(C)(C)C)c([O-])c(C(C)(C)C)c1.[Sm+3]. The van der Waals surface area contributed by atoms with Crippen molar-refractivity contribution in [3.63, 3.8) is 0 Å². The number of aryl methyl sites for hydroxylation is 3. The quantitative estimate of drug-likeness (QED) is 0.227. The van der Waals surface area contributed by atoms with Gasteiger partial charge in [0.05, 0.1) is 0 Å². The Hall–Kier alpha value is -1.60. The van der Waals surface area contributed by atoms with E-state index in [9.17, 15) is 15.3 Å². The Labute approximate surface area is 334 Å². The summed E-state index contributed by atoms with van der Waals surface area (Å²) in [5.74, 6) is 0.641. The van der Waals surface area contributed by atoms with Crippen LogP contribution in [0.15, 0.2) is 36.4 Å². The fourth-order valence-electron chi connectivity index (χ4n) is 5.66. The summed E-state index contributed by atoms with van der Waals surface area (Å²) in [5, 5.41) is 37.2. The molecule has 3 aromatic rings. The van der Waals surface area contributed by atoms with Gasteiger partial charge in [0.15, 0.2) is 0 Å². The van der Waals surface area contributed by atoms with Crippen LogP contribution in [-0.2, 0) is 32.5 Å². The van der Waals surface area contributed by atoms with E-state index in [0.29, 0.717) is 0 Å². The van der Waals surface area contributed by atoms with Crippen LogP contribution < -0.4 is 15.3 Å². The molecule has 273 valence electrons. The van der Waals surface area contributed by atoms with Crippen molar-refractivity contribution in [2.45, 2.75) is 178 Å². The second kappa shape index (κ2) is 16.4. The van der Waals surface area contributed by atoms with Crippen LogP contribution >= 0.6 is 0 Å². The molecule has 0 spiro atoms. The van der Waals surface area contributed by atoms with E-state index < -0.39 is 0 Å². The molecule has 49 heavy (non-hydrogen) atoms. The van der Waals surface area contributed by atoms with Crippen molar-refractivity contribution in [2.24, 2.45) is 0 Å². The molecule has 0 aliphatic rings. The fraction of sp³-hybridized carbons (Fsp3) is 0.600. The van der Waals surface area contributed by atoms with E-state index in [2.05, 4.69) is 145 Å². The van der Waals surface area contributed by atoms with Crippen molar-refractivity contribution in [1.82, 2.24) is 0 Å². The standard InChI is InChI=1S/3C15H24O.Sm/c3*1-10-8-11(14(2,3)4)13(16)12(9-10)15(5,6)7;/h3*8-9,16H,1-7H3;/q;;;+3/p-3. The molecule has 0 heterocycles. The molecule has 1 radical (unpaired) electrons. The molecule has 0 aromatic heterocycles. The van der Waals surface area contributed by atoms with Crippen LogP contribution in [0, 0.1) is 61.2 Å². The average Bonchev–Trinajstić information content (AvgIpc) is 2.84. The Balaban J connectivity index is 0.000000698. The van der Waals surface area contributed by atoms with E-state index in [1.807, 2.05) is 36.4 Å². The summed E-state index contributed by atoms with van der Waals surface area (Å²) in [7, 11) is 0. The van der Waals surface area contributed by atoms with Crippen LogP contribution in [0.5, 0.6) is 17.2 Å². The maximum Gasteiger partial charge on any atom is 3.00 e. The van der Waals surface area contributed by atoms with Crippen molar-refractivity contribution in [3.8, 4) is 17.2 Å². The minimum absolute atomic E-state index is 0. The van der Waals surface area contributed by atoms with E-state index in [-0.39, 0.29) is 90.1 Å². The molecule has 0 atom stereocenters. The van der Waals surface area contributed by atoms with Gasteiger partial charge in [0.1, 0.15) is 0 Å². The van der Waals surface area contributed by atoms with Gasteiger partial charge in [-0.3, -0.25) is 0 Å². The molecule has 0 unspecified atom stereocenters. The first-order valence-electron chi connectivity index (χ1n) is 17.6. The van der Waals surface area contributed by atoms with Gasteiger partial charge in [-0.2, -0.15) is 0 Å². The molecule has 0 saturated carbocycles. The summed E-state index contributed by atoms with van der Waals surface area (Å²) in [4.78, 5) is 0. The number of hydrogen-bond donors (Lipinski definition) is 0. The number of benzene rings is 3. The molecule has 0 aliphatic carbocycles. The Morgan fingerprint density at radius 1 is 0.286 bits per heavy atom. The molecule has 0 aliphatic heterocycles. The van der Waals surface area contributed by atoms with Gasteiger partial charge in [-0.15, -0.1) is 17.2 Å². The van der Waals surface area contributed by atoms with E-state index in [1.165, 1.54) is 16.7 Å². The van der Waals surface area contributed by atoms with Crippen molar-refractivity contribution in [2.75, 3.05) is 0 Å². The Morgan fingerprint density at radius 2 is 0.388 bits per heavy atom. The Kier molecular flexibility index (Phi) is 15.8. The molecule has 3 aromatic carbocycles. The Bertz CT molecular complexity index is 1260. The number of rotatable bonds is 0. The van der Waals surface area contributed by atoms with E-state index in [1.54, 1.807) is 0 Å². The zero-order valence-corrected chi connectivity index (χ0v) is 37.7. The zero-order valence-electron chi connectivity index (χ0n) is 35.1. The van der Waals surface area contributed by atoms with Crippen LogP contribution in [0.1, 0.15) is 175 Å². The second-order valence-electron chi connectivity index (χ2n) is 20.1. The largest absolute Gasteiger partial charge is 3.00 e. The molecule has 3 nitrogen and oxygen atoms in total. The maximum atomic E-state index is 12.4. The summed E-state index contributed by atoms with van der Waals surface area (Å²) in [5.41, 5.74) is 8.61. The minimum atomic E-state index is -0.0803. The molecule has 3 rings (SSSR count). The summed E-state index contributed by atoms with van der Waals surface area (Å²) >= 11 is 0. The topological polar surface area (TPSA) is 69.2 Å². The van der Waals surface area contributed by atoms with Crippen LogP contribution in [0.4, 0.5) is 0 Å². The van der Waals surface area contributed by atoms with Gasteiger partial charge in [0.2, 0.25) is 0 Å². The molecular weight excluding hydrogens is 739 g/mol. The summed E-state index contributed by atoms with van der Waals surface area (Å²) < 4.78 is 0. The average molecular weight is 808 g/mol. The van der Waals surface area contributed by atoms with E-state index >= 15 is 0 Å². The van der Waals surface area contributed by atoms with Crippen LogP contribution in [0.3, 0.4) is 0 Å². The van der Waals surface area contributed by atoms with Gasteiger partial charge in [0, 0.05) is 0 Å². The summed E-state index contributed by atoms with van der Waals surface area (Å²) in [6, 6.07) is 12.2. The first-order chi connectivity index (χ1) is 21.1. The van der Waals surface area contributed by atoms with Crippen molar-refractivity contribution >= 4 is 0 Å². The smallest absolute Gasteiger partial charge is 0.872 e. The Morgan fingerprint density at radius 3 is 0.469 bits per heavy atom. The third-order valence-electron chi connectivity index (χ3n) is 8.55. The second-order valence-corrected chi connectivity index (χ2v) is 20.1. The first kappa shape index (κ1) is 47.4. The minimum Gasteiger partial charge on any atom is -0.872 e. The van der Waals surface area contributed by atoms with Gasteiger partial charge < -0.3 is 15.3 Å². The van der Waals surface area contributed by atoms with Gasteiger partial charge >= 0.3 is 40.4 Å². The third kappa shape index (κ3) is 13.5. The van der Waals surface area contributed by atoms with E-state index in [4.69, 9.17) is 0 Å². The molecule has 0 amide bonds. The zero-order chi connectivity index (χ0) is 38.2. The van der Waals surface area contributed by atoms with E-state index in [0.717, 1.165) is 33.4 Å². The molecule has 0 N–H and O–H groups in total. The van der Waals surface area contributed by atoms with Crippen LogP contribution in [-0.4, -0.2) is 0 Å². The summed E-state index contributed by atoms with van der Waals surface area (Å²) in [6.07, 6.45) is 0. The van der Waals surface area contributed by atoms with Crippen LogP contribution in [0.2, 0.25) is 0 Å². The van der Waals surface area contributed by atoms with Crippen LogP contribution in [0.25, 0.3) is 0 Å². The normalized spacial score (nSPS) is 12.7. The molecule has 0 saturated heterocycles. The van der Waals surface area contributed by atoms with Gasteiger partial charge in [-0.05, 0) is 86.6 Å². The first-order valence-corrected chi connectivity index (χ1v) is 17.6. The fourth-order valence-corrected chi connectivity index (χ4v) is 5.66. The number of hydrogen-bond acceptors (Lipinski definition) is 3. The molecule has 4 heteroatoms. The molecule has 0 fully saturated rings. The van der Waals surface area contributed by atoms with Crippen molar-refractivity contribution < 1.29 is 55.7 Å². The van der Waals surface area contributed by atoms with Crippen molar-refractivity contribution in [3.05, 3.63) is 86.5 Å². The summed E-state index contributed by atoms with van der Waals surface area (Å²) in [6.45, 7) is 43.8. The molecular formula is C45H69O3Sm. The van der Waals surface area contributed by atoms with Crippen molar-refractivity contribution in [1.29, 1.82) is 0 Å².